The van der Waals surface area contributed by atoms with Crippen LogP contribution in [0.3, 0.4) is 0 Å². The van der Waals surface area contributed by atoms with Crippen molar-refractivity contribution < 1.29 is 18.8 Å². The number of pyridine rings is 1. The molecule has 9 heteroatoms. The molecule has 0 fully saturated rings. The van der Waals surface area contributed by atoms with E-state index in [-0.39, 0.29) is 12.3 Å². The molecule has 3 aromatic rings. The maximum absolute atomic E-state index is 12.0. The second kappa shape index (κ2) is 10.0. The van der Waals surface area contributed by atoms with Crippen LogP contribution in [-0.4, -0.2) is 34.7 Å². The molecule has 1 aromatic carbocycles. The van der Waals surface area contributed by atoms with Gasteiger partial charge in [0.2, 0.25) is 17.6 Å². The molecule has 1 amide bonds. The van der Waals surface area contributed by atoms with Crippen LogP contribution >= 0.6 is 15.9 Å². The largest absolute Gasteiger partial charge is 0.492 e. The van der Waals surface area contributed by atoms with Crippen molar-refractivity contribution in [3.8, 4) is 22.9 Å². The summed E-state index contributed by atoms with van der Waals surface area (Å²) in [7, 11) is 1.58. The van der Waals surface area contributed by atoms with E-state index in [0.717, 1.165) is 15.6 Å². The summed E-state index contributed by atoms with van der Waals surface area (Å²) in [5.41, 5.74) is 1.66. The number of nitrogens with one attached hydrogen (secondary N) is 1. The van der Waals surface area contributed by atoms with Gasteiger partial charge >= 0.3 is 0 Å². The monoisotopic (exact) mass is 460 g/mol. The van der Waals surface area contributed by atoms with Gasteiger partial charge in [-0.1, -0.05) is 11.2 Å². The molecule has 2 heterocycles. The van der Waals surface area contributed by atoms with Gasteiger partial charge in [0, 0.05) is 37.3 Å². The fourth-order valence-electron chi connectivity index (χ4n) is 2.64. The second-order valence-corrected chi connectivity index (χ2v) is 6.93. The Morgan fingerprint density at radius 2 is 2.21 bits per heavy atom. The molecule has 0 aliphatic carbocycles. The van der Waals surface area contributed by atoms with Crippen molar-refractivity contribution in [2.75, 3.05) is 13.7 Å². The SMILES string of the molecule is CCOc1cc(-c2noc(CCC(=O)NCc3cccnc3)n2)cc(Br)c1OC. The second-order valence-electron chi connectivity index (χ2n) is 6.07. The first-order chi connectivity index (χ1) is 14.1. The van der Waals surface area contributed by atoms with E-state index in [0.29, 0.717) is 42.8 Å². The molecular formula is C20H21BrN4O4. The number of hydrogen-bond acceptors (Lipinski definition) is 7. The Kier molecular flexibility index (Phi) is 7.18. The van der Waals surface area contributed by atoms with E-state index in [4.69, 9.17) is 14.0 Å². The molecule has 0 radical (unpaired) electrons. The van der Waals surface area contributed by atoms with E-state index in [1.807, 2.05) is 25.1 Å². The Labute approximate surface area is 176 Å². The predicted molar refractivity (Wildman–Crippen MR) is 110 cm³/mol. The Hall–Kier alpha value is -2.94. The van der Waals surface area contributed by atoms with Gasteiger partial charge in [-0.3, -0.25) is 9.78 Å². The van der Waals surface area contributed by atoms with Crippen molar-refractivity contribution in [1.82, 2.24) is 20.4 Å². The van der Waals surface area contributed by atoms with Gasteiger partial charge in [-0.2, -0.15) is 4.98 Å². The van der Waals surface area contributed by atoms with E-state index in [9.17, 15) is 4.79 Å². The highest BCUT2D eigenvalue weighted by molar-refractivity contribution is 9.10. The average molecular weight is 461 g/mol. The van der Waals surface area contributed by atoms with Crippen LogP contribution in [0, 0.1) is 0 Å². The Morgan fingerprint density at radius 1 is 1.34 bits per heavy atom. The summed E-state index contributed by atoms with van der Waals surface area (Å²) in [5, 5.41) is 6.86. The van der Waals surface area contributed by atoms with Gasteiger partial charge in [0.25, 0.3) is 0 Å². The number of aryl methyl sites for hydroxylation is 1. The molecule has 3 rings (SSSR count). The molecule has 0 saturated heterocycles. The number of ether oxygens (including phenoxy) is 2. The molecule has 0 unspecified atom stereocenters. The third-order valence-electron chi connectivity index (χ3n) is 4.02. The molecule has 29 heavy (non-hydrogen) atoms. The van der Waals surface area contributed by atoms with Gasteiger partial charge in [0.1, 0.15) is 0 Å². The highest BCUT2D eigenvalue weighted by atomic mass is 79.9. The zero-order valence-electron chi connectivity index (χ0n) is 16.1. The van der Waals surface area contributed by atoms with Crippen LogP contribution in [0.5, 0.6) is 11.5 Å². The molecule has 0 atom stereocenters. The van der Waals surface area contributed by atoms with Crippen LogP contribution in [0.1, 0.15) is 24.8 Å². The number of aromatic nitrogens is 3. The number of carbonyl (C=O) groups is 1. The van der Waals surface area contributed by atoms with E-state index in [1.165, 1.54) is 0 Å². The lowest BCUT2D eigenvalue weighted by Crippen LogP contribution is -2.23. The predicted octanol–water partition coefficient (Wildman–Crippen LogP) is 3.55. The van der Waals surface area contributed by atoms with Crippen LogP contribution < -0.4 is 14.8 Å². The molecule has 152 valence electrons. The quantitative estimate of drug-likeness (QED) is 0.520. The van der Waals surface area contributed by atoms with E-state index >= 15 is 0 Å². The summed E-state index contributed by atoms with van der Waals surface area (Å²) in [5.74, 6) is 1.89. The Morgan fingerprint density at radius 3 is 2.93 bits per heavy atom. The molecule has 2 aromatic heterocycles. The number of hydrogen-bond donors (Lipinski definition) is 1. The maximum Gasteiger partial charge on any atom is 0.227 e. The summed E-state index contributed by atoms with van der Waals surface area (Å²) in [6.45, 7) is 2.82. The number of benzene rings is 1. The molecular weight excluding hydrogens is 440 g/mol. The van der Waals surface area contributed by atoms with Crippen LogP contribution in [-0.2, 0) is 17.8 Å². The first-order valence-corrected chi connectivity index (χ1v) is 9.89. The number of carbonyl (C=O) groups excluding carboxylic acids is 1. The van der Waals surface area contributed by atoms with Crippen molar-refractivity contribution >= 4 is 21.8 Å². The summed E-state index contributed by atoms with van der Waals surface area (Å²) < 4.78 is 17.0. The molecule has 1 N–H and O–H groups in total. The van der Waals surface area contributed by atoms with Gasteiger partial charge < -0.3 is 19.3 Å². The van der Waals surface area contributed by atoms with Gasteiger partial charge in [-0.15, -0.1) is 0 Å². The first-order valence-electron chi connectivity index (χ1n) is 9.09. The minimum atomic E-state index is -0.0978. The van der Waals surface area contributed by atoms with E-state index in [1.54, 1.807) is 25.6 Å². The summed E-state index contributed by atoms with van der Waals surface area (Å²) >= 11 is 3.47. The number of halogens is 1. The standard InChI is InChI=1S/C20H21BrN4O4/c1-3-28-16-10-14(9-15(21)19(16)27-2)20-24-18(29-25-20)7-6-17(26)23-12-13-5-4-8-22-11-13/h4-5,8-11H,3,6-7,12H2,1-2H3,(H,23,26). The number of methoxy groups -OCH3 is 1. The third kappa shape index (κ3) is 5.54. The summed E-state index contributed by atoms with van der Waals surface area (Å²) in [4.78, 5) is 20.4. The lowest BCUT2D eigenvalue weighted by atomic mass is 10.2. The fraction of sp³-hybridized carbons (Fsp3) is 0.300. The van der Waals surface area contributed by atoms with Crippen molar-refractivity contribution in [3.05, 3.63) is 52.6 Å². The summed E-state index contributed by atoms with van der Waals surface area (Å²) in [6.07, 6.45) is 4.01. The number of nitrogens with zero attached hydrogens (tertiary/aromatic N) is 3. The highest BCUT2D eigenvalue weighted by Crippen LogP contribution is 2.39. The average Bonchev–Trinajstić information content (AvgIpc) is 3.21. The van der Waals surface area contributed by atoms with Gasteiger partial charge in [0.05, 0.1) is 18.2 Å². The van der Waals surface area contributed by atoms with Gasteiger partial charge in [0.15, 0.2) is 11.5 Å². The first kappa shape index (κ1) is 20.8. The zero-order chi connectivity index (χ0) is 20.6. The molecule has 0 aliphatic heterocycles. The number of amides is 1. The summed E-state index contributed by atoms with van der Waals surface area (Å²) in [6, 6.07) is 7.36. The normalized spacial score (nSPS) is 10.6. The molecule has 0 bridgehead atoms. The van der Waals surface area contributed by atoms with Crippen LogP contribution in [0.2, 0.25) is 0 Å². The van der Waals surface area contributed by atoms with Crippen LogP contribution in [0.15, 0.2) is 45.7 Å². The van der Waals surface area contributed by atoms with Crippen molar-refractivity contribution in [2.45, 2.75) is 26.3 Å². The van der Waals surface area contributed by atoms with Crippen molar-refractivity contribution in [2.24, 2.45) is 0 Å². The topological polar surface area (TPSA) is 99.4 Å². The Bertz CT molecular complexity index is 962. The van der Waals surface area contributed by atoms with Crippen LogP contribution in [0.4, 0.5) is 0 Å². The van der Waals surface area contributed by atoms with Crippen LogP contribution in [0.25, 0.3) is 11.4 Å². The smallest absolute Gasteiger partial charge is 0.227 e. The van der Waals surface area contributed by atoms with E-state index in [2.05, 4.69) is 36.4 Å². The minimum Gasteiger partial charge on any atom is -0.492 e. The maximum atomic E-state index is 12.0. The number of rotatable bonds is 9. The lowest BCUT2D eigenvalue weighted by Gasteiger charge is -2.12. The minimum absolute atomic E-state index is 0.0978. The Balaban J connectivity index is 1.61. The fourth-order valence-corrected chi connectivity index (χ4v) is 3.25. The van der Waals surface area contributed by atoms with Crippen molar-refractivity contribution in [3.63, 3.8) is 0 Å². The van der Waals surface area contributed by atoms with Crippen molar-refractivity contribution in [1.29, 1.82) is 0 Å². The molecule has 0 saturated carbocycles. The molecule has 0 spiro atoms. The highest BCUT2D eigenvalue weighted by Gasteiger charge is 2.16. The zero-order valence-corrected chi connectivity index (χ0v) is 17.7. The van der Waals surface area contributed by atoms with Gasteiger partial charge in [-0.05, 0) is 46.6 Å². The van der Waals surface area contributed by atoms with E-state index < -0.39 is 0 Å². The molecule has 8 nitrogen and oxygen atoms in total. The molecule has 0 aliphatic rings. The third-order valence-corrected chi connectivity index (χ3v) is 4.61. The lowest BCUT2D eigenvalue weighted by molar-refractivity contribution is -0.121. The van der Waals surface area contributed by atoms with Gasteiger partial charge in [-0.25, -0.2) is 0 Å².